The van der Waals surface area contributed by atoms with E-state index in [-0.39, 0.29) is 56.1 Å². The summed E-state index contributed by atoms with van der Waals surface area (Å²) in [5.74, 6) is 0.560. The topological polar surface area (TPSA) is 23.8 Å². The van der Waals surface area contributed by atoms with E-state index < -0.39 is 0 Å². The molecular weight excluding hydrogens is 664 g/mol. The molecule has 0 aromatic heterocycles. The number of rotatable bonds is 2. The molecule has 1 nitrogen and oxygen atoms in total. The summed E-state index contributed by atoms with van der Waals surface area (Å²) in [5, 5.41) is 2.79. The van der Waals surface area contributed by atoms with Crippen LogP contribution in [0.3, 0.4) is 0 Å². The molecule has 1 aliphatic carbocycles. The van der Waals surface area contributed by atoms with Crippen LogP contribution in [0.4, 0.5) is 5.69 Å². The number of hydrogen-bond acceptors (Lipinski definition) is 0. The maximum absolute atomic E-state index is 7.63. The molecule has 0 fully saturated rings. The van der Waals surface area contributed by atoms with Crippen molar-refractivity contribution in [2.24, 2.45) is 5.92 Å². The second-order valence-corrected chi connectivity index (χ2v) is 10.9. The summed E-state index contributed by atoms with van der Waals surface area (Å²) in [4.78, 5) is 0. The summed E-state index contributed by atoms with van der Waals surface area (Å²) < 4.78 is 0. The Hall–Kier alpha value is -1.39. The Labute approximate surface area is 253 Å². The van der Waals surface area contributed by atoms with E-state index in [0.29, 0.717) is 11.6 Å². The summed E-state index contributed by atoms with van der Waals surface area (Å²) in [5.41, 5.74) is 13.7. The summed E-state index contributed by atoms with van der Waals surface area (Å²) >= 11 is 0. The first kappa shape index (κ1) is 36.8. The Balaban J connectivity index is 0. The van der Waals surface area contributed by atoms with Crippen LogP contribution in [-0.4, -0.2) is 9.52 Å². The number of allylic oxidation sites excluding steroid dienone is 4. The van der Waals surface area contributed by atoms with Crippen LogP contribution in [0.2, 0.25) is 0 Å². The largest absolute Gasteiger partial charge is 0.698 e. The second-order valence-electron chi connectivity index (χ2n) is 9.45. The van der Waals surface area contributed by atoms with Crippen molar-refractivity contribution in [1.82, 2.24) is 0 Å². The Morgan fingerprint density at radius 3 is 1.42 bits per heavy atom. The van der Waals surface area contributed by atoms with Gasteiger partial charge in [-0.25, -0.2) is 5.57 Å². The van der Waals surface area contributed by atoms with Gasteiger partial charge in [0.15, 0.2) is 0 Å². The van der Waals surface area contributed by atoms with Crippen molar-refractivity contribution in [2.75, 3.05) is 0 Å². The van der Waals surface area contributed by atoms with Crippen molar-refractivity contribution in [3.63, 3.8) is 0 Å². The molecule has 1 unspecified atom stereocenters. The van der Waals surface area contributed by atoms with Gasteiger partial charge in [0.05, 0.1) is 0 Å². The third kappa shape index (κ3) is 12.2. The van der Waals surface area contributed by atoms with Gasteiger partial charge in [0.2, 0.25) is 0 Å². The smallest absolute Gasteiger partial charge is 0.121 e. The zero-order chi connectivity index (χ0) is 24.4. The van der Waals surface area contributed by atoms with Gasteiger partial charge < -0.3 is 5.73 Å². The molecule has 2 radical (unpaired) electrons. The average Bonchev–Trinajstić information content (AvgIpc) is 3.01. The fourth-order valence-corrected chi connectivity index (χ4v) is 4.56. The average molecular weight is 703 g/mol. The Morgan fingerprint density at radius 1 is 0.722 bits per heavy atom. The predicted octanol–water partition coefficient (Wildman–Crippen LogP) is 8.57. The number of hydrogen-bond donors (Lipinski definition) is 0. The quantitative estimate of drug-likeness (QED) is 0.189. The van der Waals surface area contributed by atoms with Gasteiger partial charge in [-0.05, 0) is 5.41 Å². The fraction of sp³-hybridized carbons (Fsp3) is 0.290. The molecule has 192 valence electrons. The minimum atomic E-state index is 0. The SMILES string of the molecule is CC(C)(C)c1ccccc1[NH-].CC1=[C-]C(C)C(C)=C1C.Cl.Cl.[Hf].c1ccc([Si]c2ccccc2)cc1. The first-order valence-electron chi connectivity index (χ1n) is 11.6. The molecular formula is C31H39Cl2HfNSi-2. The van der Waals surface area contributed by atoms with E-state index in [1.165, 1.54) is 27.1 Å². The molecule has 36 heavy (non-hydrogen) atoms. The predicted molar refractivity (Wildman–Crippen MR) is 161 cm³/mol. The minimum absolute atomic E-state index is 0. The van der Waals surface area contributed by atoms with E-state index >= 15 is 0 Å². The van der Waals surface area contributed by atoms with Gasteiger partial charge in [-0.1, -0.05) is 148 Å². The van der Waals surface area contributed by atoms with Crippen LogP contribution in [0.1, 0.15) is 54.0 Å². The van der Waals surface area contributed by atoms with E-state index in [1.807, 2.05) is 24.3 Å². The standard InChI is InChI=1S/C12H10Si.C10H14N.C9H13.2ClH.Hf/c1-3-7-11(8-4-1)13-12-9-5-2-6-10-12;1-10(2,3)8-6-4-5-7-9(8)11;1-6-5-7(2)9(4)8(6)3;;;/h1-10H;4-7,11H,1-3H3;6H,1-4H3;2*1H;/q;2*-1;;;. The summed E-state index contributed by atoms with van der Waals surface area (Å²) in [6.45, 7) is 15.0. The molecule has 0 heterocycles. The monoisotopic (exact) mass is 703 g/mol. The van der Waals surface area contributed by atoms with Crippen LogP contribution in [0.5, 0.6) is 0 Å². The molecule has 0 saturated carbocycles. The van der Waals surface area contributed by atoms with E-state index in [9.17, 15) is 0 Å². The molecule has 3 aromatic rings. The van der Waals surface area contributed by atoms with Crippen LogP contribution < -0.4 is 10.4 Å². The fourth-order valence-electron chi connectivity index (χ4n) is 3.51. The molecule has 0 amide bonds. The van der Waals surface area contributed by atoms with Gasteiger partial charge in [0.25, 0.3) is 0 Å². The first-order valence-corrected chi connectivity index (χ1v) is 12.6. The van der Waals surface area contributed by atoms with Crippen molar-refractivity contribution >= 4 is 50.4 Å². The third-order valence-electron chi connectivity index (χ3n) is 5.81. The van der Waals surface area contributed by atoms with Crippen LogP contribution in [0.25, 0.3) is 5.73 Å². The summed E-state index contributed by atoms with van der Waals surface area (Å²) in [6, 6.07) is 28.9. The Morgan fingerprint density at radius 2 is 1.14 bits per heavy atom. The van der Waals surface area contributed by atoms with Crippen molar-refractivity contribution < 1.29 is 25.8 Å². The third-order valence-corrected chi connectivity index (χ3v) is 7.05. The number of benzene rings is 3. The molecule has 3 aromatic carbocycles. The van der Waals surface area contributed by atoms with Crippen LogP contribution in [0, 0.1) is 12.0 Å². The van der Waals surface area contributed by atoms with E-state index in [0.717, 1.165) is 15.1 Å². The van der Waals surface area contributed by atoms with Crippen molar-refractivity contribution in [1.29, 1.82) is 0 Å². The summed E-state index contributed by atoms with van der Waals surface area (Å²) in [7, 11) is 0.777. The number of nitrogens with one attached hydrogen (secondary N) is 1. The van der Waals surface area contributed by atoms with Crippen molar-refractivity contribution in [2.45, 2.75) is 53.9 Å². The second kappa shape index (κ2) is 18.0. The molecule has 1 atom stereocenters. The van der Waals surface area contributed by atoms with Crippen LogP contribution >= 0.6 is 24.8 Å². The molecule has 0 aliphatic heterocycles. The zero-order valence-corrected chi connectivity index (χ0v) is 28.7. The normalized spacial score (nSPS) is 13.9. The zero-order valence-electron chi connectivity index (χ0n) is 22.5. The number of halogens is 2. The minimum Gasteiger partial charge on any atom is -0.698 e. The van der Waals surface area contributed by atoms with Gasteiger partial charge >= 0.3 is 0 Å². The van der Waals surface area contributed by atoms with Gasteiger partial charge in [-0.3, -0.25) is 6.08 Å². The van der Waals surface area contributed by atoms with Crippen LogP contribution in [0.15, 0.2) is 102 Å². The first-order chi connectivity index (χ1) is 15.6. The van der Waals surface area contributed by atoms with Gasteiger partial charge in [0, 0.05) is 25.8 Å². The van der Waals surface area contributed by atoms with E-state index in [4.69, 9.17) is 5.73 Å². The Bertz CT molecular complexity index is 1040. The van der Waals surface area contributed by atoms with E-state index in [2.05, 4.69) is 115 Å². The van der Waals surface area contributed by atoms with Gasteiger partial charge in [0.1, 0.15) is 9.52 Å². The molecule has 0 bridgehead atoms. The van der Waals surface area contributed by atoms with Gasteiger partial charge in [-0.2, -0.15) is 11.1 Å². The molecule has 1 aliphatic rings. The van der Waals surface area contributed by atoms with Crippen LogP contribution in [-0.2, 0) is 31.3 Å². The molecule has 1 N–H and O–H groups in total. The molecule has 4 rings (SSSR count). The van der Waals surface area contributed by atoms with Crippen molar-refractivity contribution in [3.05, 3.63) is 119 Å². The Kier molecular flexibility index (Phi) is 18.3. The maximum atomic E-state index is 7.63. The van der Waals surface area contributed by atoms with E-state index in [1.54, 1.807) is 0 Å². The molecule has 0 spiro atoms. The maximum Gasteiger partial charge on any atom is 0.121 e. The van der Waals surface area contributed by atoms with Crippen molar-refractivity contribution in [3.8, 4) is 0 Å². The van der Waals surface area contributed by atoms with Gasteiger partial charge in [-0.15, -0.1) is 37.4 Å². The molecule has 0 saturated heterocycles. The summed E-state index contributed by atoms with van der Waals surface area (Å²) in [6.07, 6.45) is 3.36. The molecule has 5 heteroatoms.